The Hall–Kier alpha value is -2.67. The predicted octanol–water partition coefficient (Wildman–Crippen LogP) is 1.91. The van der Waals surface area contributed by atoms with E-state index in [0.29, 0.717) is 37.7 Å². The molecule has 2 aromatic rings. The van der Waals surface area contributed by atoms with Gasteiger partial charge in [-0.05, 0) is 38.2 Å². The van der Waals surface area contributed by atoms with Gasteiger partial charge in [0.05, 0.1) is 5.41 Å². The van der Waals surface area contributed by atoms with Crippen molar-refractivity contribution in [3.05, 3.63) is 58.0 Å². The average molecular weight is 396 g/mol. The summed E-state index contributed by atoms with van der Waals surface area (Å²) in [6, 6.07) is 11.7. The number of H-pyrrole nitrogens is 1. The topological polar surface area (TPSA) is 87.3 Å². The Kier molecular flexibility index (Phi) is 5.67. The highest BCUT2D eigenvalue weighted by Gasteiger charge is 2.42. The number of nitrogens with one attached hydrogen (secondary N) is 2. The summed E-state index contributed by atoms with van der Waals surface area (Å²) in [6.45, 7) is 4.53. The number of anilines is 1. The van der Waals surface area contributed by atoms with Crippen molar-refractivity contribution < 1.29 is 9.53 Å². The third-order valence-corrected chi connectivity index (χ3v) is 6.09. The molecule has 2 saturated heterocycles. The number of aromatic nitrogens is 2. The fourth-order valence-electron chi connectivity index (χ4n) is 4.40. The zero-order chi connectivity index (χ0) is 20.3. The number of carbonyl (C=O) groups excluding carboxylic acids is 1. The molecule has 0 radical (unpaired) electrons. The molecule has 2 aliphatic heterocycles. The van der Waals surface area contributed by atoms with Crippen LogP contribution in [0, 0.1) is 6.92 Å². The fourth-order valence-corrected chi connectivity index (χ4v) is 4.40. The molecule has 0 saturated carbocycles. The van der Waals surface area contributed by atoms with Gasteiger partial charge in [-0.2, -0.15) is 0 Å². The van der Waals surface area contributed by atoms with E-state index in [2.05, 4.69) is 20.2 Å². The van der Waals surface area contributed by atoms with Gasteiger partial charge in [-0.3, -0.25) is 14.6 Å². The molecule has 1 amide bonds. The van der Waals surface area contributed by atoms with Gasteiger partial charge in [-0.1, -0.05) is 30.3 Å². The Morgan fingerprint density at radius 2 is 1.90 bits per heavy atom. The normalized spacial score (nSPS) is 19.7. The molecule has 29 heavy (non-hydrogen) atoms. The van der Waals surface area contributed by atoms with Gasteiger partial charge in [-0.25, -0.2) is 4.98 Å². The molecule has 2 aliphatic rings. The van der Waals surface area contributed by atoms with Crippen molar-refractivity contribution in [2.24, 2.45) is 0 Å². The minimum atomic E-state index is -0.514. The number of aromatic amines is 1. The number of rotatable bonds is 4. The van der Waals surface area contributed by atoms with Crippen LogP contribution in [0.1, 0.15) is 36.9 Å². The van der Waals surface area contributed by atoms with Crippen molar-refractivity contribution in [1.29, 1.82) is 0 Å². The van der Waals surface area contributed by atoms with Crippen LogP contribution in [0.2, 0.25) is 0 Å². The first-order valence-electron chi connectivity index (χ1n) is 10.3. The van der Waals surface area contributed by atoms with Crippen molar-refractivity contribution in [1.82, 2.24) is 15.3 Å². The third kappa shape index (κ3) is 4.19. The van der Waals surface area contributed by atoms with Crippen LogP contribution in [-0.4, -0.2) is 48.2 Å². The van der Waals surface area contributed by atoms with Gasteiger partial charge in [0, 0.05) is 44.1 Å². The Morgan fingerprint density at radius 1 is 1.21 bits per heavy atom. The van der Waals surface area contributed by atoms with Crippen LogP contribution < -0.4 is 15.8 Å². The fraction of sp³-hybridized carbons (Fsp3) is 0.500. The summed E-state index contributed by atoms with van der Waals surface area (Å²) in [5.41, 5.74) is 1.13. The molecule has 1 aromatic heterocycles. The number of benzene rings is 1. The van der Waals surface area contributed by atoms with E-state index in [-0.39, 0.29) is 17.5 Å². The summed E-state index contributed by atoms with van der Waals surface area (Å²) in [4.78, 5) is 34.4. The van der Waals surface area contributed by atoms with E-state index < -0.39 is 5.41 Å². The molecule has 4 rings (SSSR count). The van der Waals surface area contributed by atoms with Gasteiger partial charge in [0.1, 0.15) is 0 Å². The zero-order valence-electron chi connectivity index (χ0n) is 16.8. The molecule has 154 valence electrons. The molecule has 1 aromatic carbocycles. The summed E-state index contributed by atoms with van der Waals surface area (Å²) in [5, 5.41) is 3.31. The van der Waals surface area contributed by atoms with Crippen molar-refractivity contribution in [3.8, 4) is 0 Å². The van der Waals surface area contributed by atoms with Crippen LogP contribution in [0.3, 0.4) is 0 Å². The van der Waals surface area contributed by atoms with Crippen molar-refractivity contribution in [2.75, 3.05) is 31.2 Å². The first kappa shape index (κ1) is 19.6. The largest absolute Gasteiger partial charge is 0.381 e. The van der Waals surface area contributed by atoms with Crippen LogP contribution in [0.5, 0.6) is 0 Å². The van der Waals surface area contributed by atoms with E-state index in [0.717, 1.165) is 31.5 Å². The first-order chi connectivity index (χ1) is 14.1. The zero-order valence-corrected chi connectivity index (χ0v) is 16.8. The SMILES string of the molecule is Cc1cc(=O)[nH]c(N2CCC(NC(=O)C3(c4ccccc4)CCOCC3)CC2)n1. The quantitative estimate of drug-likeness (QED) is 0.824. The number of hydrogen-bond acceptors (Lipinski definition) is 5. The molecule has 0 bridgehead atoms. The summed E-state index contributed by atoms with van der Waals surface area (Å²) >= 11 is 0. The lowest BCUT2D eigenvalue weighted by Crippen LogP contribution is -2.53. The predicted molar refractivity (Wildman–Crippen MR) is 111 cm³/mol. The molecule has 0 spiro atoms. The number of hydrogen-bond donors (Lipinski definition) is 2. The second kappa shape index (κ2) is 8.37. The first-order valence-corrected chi connectivity index (χ1v) is 10.3. The van der Waals surface area contributed by atoms with E-state index in [1.807, 2.05) is 37.3 Å². The highest BCUT2D eigenvalue weighted by atomic mass is 16.5. The van der Waals surface area contributed by atoms with Gasteiger partial charge < -0.3 is 15.0 Å². The highest BCUT2D eigenvalue weighted by Crippen LogP contribution is 2.35. The van der Waals surface area contributed by atoms with Crippen LogP contribution in [0.25, 0.3) is 0 Å². The van der Waals surface area contributed by atoms with E-state index in [4.69, 9.17) is 4.74 Å². The maximum Gasteiger partial charge on any atom is 0.252 e. The number of piperidine rings is 1. The lowest BCUT2D eigenvalue weighted by molar-refractivity contribution is -0.131. The minimum Gasteiger partial charge on any atom is -0.381 e. The van der Waals surface area contributed by atoms with Crippen molar-refractivity contribution in [2.45, 2.75) is 44.1 Å². The molecule has 3 heterocycles. The lowest BCUT2D eigenvalue weighted by Gasteiger charge is -2.39. The van der Waals surface area contributed by atoms with E-state index in [9.17, 15) is 9.59 Å². The van der Waals surface area contributed by atoms with Gasteiger partial charge in [-0.15, -0.1) is 0 Å². The second-order valence-electron chi connectivity index (χ2n) is 8.01. The molecular formula is C22H28N4O3. The number of carbonyl (C=O) groups is 1. The van der Waals surface area contributed by atoms with Gasteiger partial charge in [0.25, 0.3) is 5.56 Å². The Morgan fingerprint density at radius 3 is 2.55 bits per heavy atom. The summed E-state index contributed by atoms with van der Waals surface area (Å²) < 4.78 is 5.55. The maximum atomic E-state index is 13.4. The lowest BCUT2D eigenvalue weighted by atomic mass is 9.73. The van der Waals surface area contributed by atoms with Gasteiger partial charge in [0.15, 0.2) is 0 Å². The smallest absolute Gasteiger partial charge is 0.252 e. The standard InChI is InChI=1S/C22H28N4O3/c1-16-15-19(27)25-21(23-16)26-11-7-18(8-12-26)24-20(28)22(9-13-29-14-10-22)17-5-3-2-4-6-17/h2-6,15,18H,7-14H2,1H3,(H,24,28)(H,23,25,27). The number of nitrogens with zero attached hydrogens (tertiary/aromatic N) is 2. The average Bonchev–Trinajstić information content (AvgIpc) is 2.74. The summed E-state index contributed by atoms with van der Waals surface area (Å²) in [7, 11) is 0. The van der Waals surface area contributed by atoms with Crippen LogP contribution in [0.15, 0.2) is 41.2 Å². The number of amides is 1. The molecule has 7 heteroatoms. The van der Waals surface area contributed by atoms with Crippen molar-refractivity contribution >= 4 is 11.9 Å². The molecule has 0 atom stereocenters. The number of ether oxygens (including phenoxy) is 1. The number of aryl methyl sites for hydroxylation is 1. The molecular weight excluding hydrogens is 368 g/mol. The van der Waals surface area contributed by atoms with Gasteiger partial charge in [0.2, 0.25) is 11.9 Å². The third-order valence-electron chi connectivity index (χ3n) is 6.09. The second-order valence-corrected chi connectivity index (χ2v) is 8.01. The van der Waals surface area contributed by atoms with Crippen LogP contribution >= 0.6 is 0 Å². The molecule has 2 fully saturated rings. The van der Waals surface area contributed by atoms with Crippen LogP contribution in [-0.2, 0) is 14.9 Å². The summed E-state index contributed by atoms with van der Waals surface area (Å²) in [6.07, 6.45) is 3.06. The highest BCUT2D eigenvalue weighted by molar-refractivity contribution is 5.88. The monoisotopic (exact) mass is 396 g/mol. The molecule has 0 aliphatic carbocycles. The van der Waals surface area contributed by atoms with E-state index >= 15 is 0 Å². The Balaban J connectivity index is 1.43. The summed E-state index contributed by atoms with van der Waals surface area (Å²) in [5.74, 6) is 0.720. The molecule has 0 unspecified atom stereocenters. The molecule has 2 N–H and O–H groups in total. The Labute approximate surface area is 170 Å². The van der Waals surface area contributed by atoms with Gasteiger partial charge >= 0.3 is 0 Å². The maximum absolute atomic E-state index is 13.4. The minimum absolute atomic E-state index is 0.104. The van der Waals surface area contributed by atoms with E-state index in [1.165, 1.54) is 6.07 Å². The van der Waals surface area contributed by atoms with E-state index in [1.54, 1.807) is 0 Å². The molecule has 7 nitrogen and oxygen atoms in total. The van der Waals surface area contributed by atoms with Crippen molar-refractivity contribution in [3.63, 3.8) is 0 Å². The Bertz CT molecular complexity index is 898. The van der Waals surface area contributed by atoms with Crippen LogP contribution in [0.4, 0.5) is 5.95 Å².